The molecule has 2 aromatic rings. The molecule has 10 heteroatoms. The zero-order valence-electron chi connectivity index (χ0n) is 18.8. The highest BCUT2D eigenvalue weighted by molar-refractivity contribution is 7.82. The molecule has 4 rings (SSSR count). The van der Waals surface area contributed by atoms with Crippen LogP contribution in [0.5, 0.6) is 0 Å². The third-order valence-electron chi connectivity index (χ3n) is 6.61. The van der Waals surface area contributed by atoms with Crippen molar-refractivity contribution < 1.29 is 17.8 Å². The van der Waals surface area contributed by atoms with Gasteiger partial charge in [0.25, 0.3) is 5.91 Å². The van der Waals surface area contributed by atoms with Crippen molar-refractivity contribution in [2.45, 2.75) is 26.7 Å². The molecule has 2 saturated heterocycles. The number of rotatable bonds is 4. The zero-order valence-corrected chi connectivity index (χ0v) is 19.6. The molecule has 2 fully saturated rings. The fourth-order valence-corrected chi connectivity index (χ4v) is 5.43. The molecule has 0 aliphatic carbocycles. The first-order valence-corrected chi connectivity index (χ1v) is 12.4. The summed E-state index contributed by atoms with van der Waals surface area (Å²) < 4.78 is 42.7. The Morgan fingerprint density at radius 1 is 1.18 bits per heavy atom. The van der Waals surface area contributed by atoms with Gasteiger partial charge >= 0.3 is 0 Å². The topological polar surface area (TPSA) is 80.5 Å². The molecule has 1 aromatic carbocycles. The van der Waals surface area contributed by atoms with Crippen LogP contribution in [-0.2, 0) is 11.0 Å². The van der Waals surface area contributed by atoms with Crippen LogP contribution in [0.25, 0.3) is 10.9 Å². The van der Waals surface area contributed by atoms with Crippen molar-refractivity contribution in [3.63, 3.8) is 0 Å². The lowest BCUT2D eigenvalue weighted by Gasteiger charge is -2.38. The molecule has 0 spiro atoms. The van der Waals surface area contributed by atoms with Crippen molar-refractivity contribution in [2.24, 2.45) is 5.41 Å². The number of piperazine rings is 1. The summed E-state index contributed by atoms with van der Waals surface area (Å²) in [6.45, 7) is 6.55. The van der Waals surface area contributed by atoms with Gasteiger partial charge in [-0.1, -0.05) is 6.92 Å². The fourth-order valence-electron chi connectivity index (χ4n) is 4.49. The normalized spacial score (nSPS) is 20.0. The first kappa shape index (κ1) is 23.5. The number of hydrogen-bond acceptors (Lipinski definition) is 5. The molecule has 2 aliphatic rings. The maximum atomic E-state index is 14.5. The molecule has 1 unspecified atom stereocenters. The Balaban J connectivity index is 1.71. The van der Waals surface area contributed by atoms with Gasteiger partial charge in [-0.05, 0) is 25.8 Å². The minimum Gasteiger partial charge on any atom is -0.370 e. The third-order valence-corrected chi connectivity index (χ3v) is 8.04. The molecular formula is C23H27F2N5O2S. The molecule has 3 heterocycles. The van der Waals surface area contributed by atoms with Crippen molar-refractivity contribution in [3.8, 4) is 6.07 Å². The van der Waals surface area contributed by atoms with Crippen LogP contribution >= 0.6 is 0 Å². The summed E-state index contributed by atoms with van der Waals surface area (Å²) in [5.41, 5.74) is 0.298. The van der Waals surface area contributed by atoms with Gasteiger partial charge in [-0.3, -0.25) is 9.78 Å². The number of fused-ring (bicyclic) bond motifs is 1. The Morgan fingerprint density at radius 3 is 2.45 bits per heavy atom. The van der Waals surface area contributed by atoms with Crippen LogP contribution in [-0.4, -0.2) is 69.3 Å². The highest BCUT2D eigenvalue weighted by Crippen LogP contribution is 2.38. The first-order valence-electron chi connectivity index (χ1n) is 11.1. The van der Waals surface area contributed by atoms with E-state index < -0.39 is 28.0 Å². The molecule has 2 aliphatic heterocycles. The minimum absolute atomic E-state index is 0.0136. The van der Waals surface area contributed by atoms with Gasteiger partial charge in [0.05, 0.1) is 33.7 Å². The number of anilines is 1. The highest BCUT2D eigenvalue weighted by atomic mass is 32.2. The van der Waals surface area contributed by atoms with Crippen LogP contribution < -0.4 is 4.90 Å². The summed E-state index contributed by atoms with van der Waals surface area (Å²) in [6, 6.07) is 4.36. The molecule has 1 atom stereocenters. The Kier molecular flexibility index (Phi) is 6.64. The van der Waals surface area contributed by atoms with E-state index in [1.165, 1.54) is 12.3 Å². The fraction of sp³-hybridized carbons (Fsp3) is 0.522. The molecule has 0 radical (unpaired) electrons. The summed E-state index contributed by atoms with van der Waals surface area (Å²) in [4.78, 5) is 21.3. The second-order valence-corrected chi connectivity index (χ2v) is 10.5. The standard InChI is InChI=1S/C23H27F2N5O2S/c1-3-33(32)30-10-8-29(9-11-30)22(31)18-14-27-20-17(12-16(24)13-19(20)25)21(18)28-6-4-23(2,15-26)5-7-28/h12-14H,3-11H2,1-2H3. The van der Waals surface area contributed by atoms with Crippen molar-refractivity contribution in [3.05, 3.63) is 35.5 Å². The van der Waals surface area contributed by atoms with E-state index in [1.807, 2.05) is 23.1 Å². The number of amides is 1. The van der Waals surface area contributed by atoms with Crippen LogP contribution in [0, 0.1) is 28.4 Å². The number of hydrogen-bond donors (Lipinski definition) is 0. The largest absolute Gasteiger partial charge is 0.370 e. The van der Waals surface area contributed by atoms with Crippen LogP contribution in [0.15, 0.2) is 18.3 Å². The summed E-state index contributed by atoms with van der Waals surface area (Å²) in [5, 5.41) is 9.73. The van der Waals surface area contributed by atoms with Crippen molar-refractivity contribution >= 4 is 33.5 Å². The van der Waals surface area contributed by atoms with Crippen molar-refractivity contribution in [2.75, 3.05) is 49.9 Å². The summed E-state index contributed by atoms with van der Waals surface area (Å²) in [7, 11) is -1.06. The Bertz CT molecular complexity index is 1140. The summed E-state index contributed by atoms with van der Waals surface area (Å²) in [6.07, 6.45) is 2.54. The number of nitrogens with zero attached hydrogens (tertiary/aromatic N) is 5. The number of halogens is 2. The average Bonchev–Trinajstić information content (AvgIpc) is 2.83. The predicted octanol–water partition coefficient (Wildman–Crippen LogP) is 3.08. The number of piperidine rings is 1. The van der Waals surface area contributed by atoms with E-state index in [2.05, 4.69) is 11.1 Å². The van der Waals surface area contributed by atoms with Gasteiger partial charge in [-0.25, -0.2) is 17.3 Å². The smallest absolute Gasteiger partial charge is 0.257 e. The van der Waals surface area contributed by atoms with E-state index in [-0.39, 0.29) is 22.4 Å². The average molecular weight is 476 g/mol. The van der Waals surface area contributed by atoms with Crippen LogP contribution in [0.4, 0.5) is 14.5 Å². The van der Waals surface area contributed by atoms with E-state index in [0.29, 0.717) is 63.6 Å². The van der Waals surface area contributed by atoms with Gasteiger partial charge in [0.1, 0.15) is 11.3 Å². The third kappa shape index (κ3) is 4.57. The second-order valence-electron chi connectivity index (χ2n) is 8.80. The van der Waals surface area contributed by atoms with Crippen LogP contribution in [0.2, 0.25) is 0 Å². The van der Waals surface area contributed by atoms with Crippen LogP contribution in [0.1, 0.15) is 37.0 Å². The number of carbonyl (C=O) groups is 1. The zero-order chi connectivity index (χ0) is 23.8. The van der Waals surface area contributed by atoms with E-state index in [0.717, 1.165) is 6.07 Å². The number of carbonyl (C=O) groups excluding carboxylic acids is 1. The number of pyridine rings is 1. The quantitative estimate of drug-likeness (QED) is 0.679. The van der Waals surface area contributed by atoms with E-state index >= 15 is 0 Å². The molecule has 0 saturated carbocycles. The van der Waals surface area contributed by atoms with Gasteiger partial charge in [-0.2, -0.15) is 5.26 Å². The molecule has 33 heavy (non-hydrogen) atoms. The molecule has 0 N–H and O–H groups in total. The maximum absolute atomic E-state index is 14.5. The predicted molar refractivity (Wildman–Crippen MR) is 123 cm³/mol. The van der Waals surface area contributed by atoms with Gasteiger partial charge in [-0.15, -0.1) is 0 Å². The van der Waals surface area contributed by atoms with Gasteiger partial charge < -0.3 is 9.80 Å². The minimum atomic E-state index is -1.06. The molecule has 1 amide bonds. The second kappa shape index (κ2) is 9.31. The maximum Gasteiger partial charge on any atom is 0.257 e. The van der Waals surface area contributed by atoms with Crippen molar-refractivity contribution in [1.82, 2.24) is 14.2 Å². The Morgan fingerprint density at radius 2 is 1.85 bits per heavy atom. The van der Waals surface area contributed by atoms with Gasteiger partial charge in [0.15, 0.2) is 5.82 Å². The molecule has 7 nitrogen and oxygen atoms in total. The first-order chi connectivity index (χ1) is 15.8. The lowest BCUT2D eigenvalue weighted by Crippen LogP contribution is -2.49. The molecule has 1 aromatic heterocycles. The van der Waals surface area contributed by atoms with Gasteiger partial charge in [0, 0.05) is 62.7 Å². The highest BCUT2D eigenvalue weighted by Gasteiger charge is 2.34. The van der Waals surface area contributed by atoms with E-state index in [1.54, 1.807) is 4.90 Å². The summed E-state index contributed by atoms with van der Waals surface area (Å²) in [5.74, 6) is -1.25. The molecule has 0 bridgehead atoms. The van der Waals surface area contributed by atoms with Crippen LogP contribution in [0.3, 0.4) is 0 Å². The Hall–Kier alpha value is -2.64. The van der Waals surface area contributed by atoms with Crippen molar-refractivity contribution in [1.29, 1.82) is 5.26 Å². The lowest BCUT2D eigenvalue weighted by molar-refractivity contribution is 0.0701. The van der Waals surface area contributed by atoms with Gasteiger partial charge in [0.2, 0.25) is 0 Å². The number of aromatic nitrogens is 1. The lowest BCUT2D eigenvalue weighted by atomic mass is 9.81. The molecular weight excluding hydrogens is 448 g/mol. The summed E-state index contributed by atoms with van der Waals surface area (Å²) >= 11 is 0. The number of benzene rings is 1. The Labute approximate surface area is 194 Å². The number of nitriles is 1. The SMILES string of the molecule is CCS(=O)N1CCN(C(=O)c2cnc3c(F)cc(F)cc3c2N2CCC(C)(C#N)CC2)CC1. The van der Waals surface area contributed by atoms with E-state index in [4.69, 9.17) is 0 Å². The van der Waals surface area contributed by atoms with E-state index in [9.17, 15) is 23.0 Å². The monoisotopic (exact) mass is 475 g/mol. The molecule has 176 valence electrons.